The van der Waals surface area contributed by atoms with Crippen LogP contribution in [0.4, 0.5) is 8.78 Å². The summed E-state index contributed by atoms with van der Waals surface area (Å²) in [6.45, 7) is 0.187. The number of rotatable bonds is 6. The van der Waals surface area contributed by atoms with Gasteiger partial charge >= 0.3 is 0 Å². The molecular weight excluding hydrogens is 458 g/mol. The van der Waals surface area contributed by atoms with Crippen LogP contribution < -0.4 is 10.9 Å². The van der Waals surface area contributed by atoms with E-state index >= 15 is 0 Å². The van der Waals surface area contributed by atoms with Gasteiger partial charge in [-0.25, -0.2) is 13.8 Å². The van der Waals surface area contributed by atoms with Gasteiger partial charge in [0.1, 0.15) is 10.6 Å². The lowest BCUT2D eigenvalue weighted by atomic mass is 10.1. The van der Waals surface area contributed by atoms with E-state index in [0.29, 0.717) is 10.6 Å². The highest BCUT2D eigenvalue weighted by Gasteiger charge is 2.19. The fourth-order valence-corrected chi connectivity index (χ4v) is 4.57. The third-order valence-electron chi connectivity index (χ3n) is 5.51. The molecule has 0 radical (unpaired) electrons. The number of fused-ring (bicyclic) bond motifs is 1. The molecule has 0 unspecified atom stereocenters. The number of hydrogen-bond acceptors (Lipinski definition) is 5. The Morgan fingerprint density at radius 1 is 1.15 bits per heavy atom. The predicted molar refractivity (Wildman–Crippen MR) is 124 cm³/mol. The van der Waals surface area contributed by atoms with Crippen molar-refractivity contribution in [1.29, 1.82) is 0 Å². The molecule has 5 rings (SSSR count). The van der Waals surface area contributed by atoms with Crippen LogP contribution in [0.3, 0.4) is 0 Å². The highest BCUT2D eigenvalue weighted by atomic mass is 32.1. The van der Waals surface area contributed by atoms with Gasteiger partial charge in [-0.2, -0.15) is 0 Å². The molecular formula is C25H18F2N4O2S. The van der Waals surface area contributed by atoms with Crippen molar-refractivity contribution in [2.24, 2.45) is 0 Å². The summed E-state index contributed by atoms with van der Waals surface area (Å²) >= 11 is 1.42. The molecule has 0 atom stereocenters. The van der Waals surface area contributed by atoms with Crippen molar-refractivity contribution < 1.29 is 13.6 Å². The molecule has 3 aromatic heterocycles. The van der Waals surface area contributed by atoms with E-state index in [1.54, 1.807) is 12.3 Å². The first-order valence-corrected chi connectivity index (χ1v) is 11.4. The molecule has 34 heavy (non-hydrogen) atoms. The van der Waals surface area contributed by atoms with Crippen molar-refractivity contribution >= 4 is 22.8 Å². The number of pyridine rings is 2. The molecule has 0 saturated carbocycles. The number of carbonyl (C=O) groups excluding carboxylic acids is 1. The summed E-state index contributed by atoms with van der Waals surface area (Å²) in [5.41, 5.74) is 3.78. The maximum atomic E-state index is 13.5. The number of nitrogens with one attached hydrogen (secondary N) is 1. The normalized spacial score (nSPS) is 12.4. The van der Waals surface area contributed by atoms with Crippen LogP contribution >= 0.6 is 11.3 Å². The zero-order chi connectivity index (χ0) is 23.7. The summed E-state index contributed by atoms with van der Waals surface area (Å²) in [5.74, 6) is -2.48. The van der Waals surface area contributed by atoms with Crippen LogP contribution in [-0.2, 0) is 19.5 Å². The zero-order valence-electron chi connectivity index (χ0n) is 17.8. The van der Waals surface area contributed by atoms with Crippen LogP contribution in [0.5, 0.6) is 0 Å². The lowest BCUT2D eigenvalue weighted by Crippen LogP contribution is -2.32. The van der Waals surface area contributed by atoms with Crippen molar-refractivity contribution in [1.82, 2.24) is 19.9 Å². The average molecular weight is 477 g/mol. The Bertz CT molecular complexity index is 1490. The monoisotopic (exact) mass is 476 g/mol. The van der Waals surface area contributed by atoms with Gasteiger partial charge in [0.05, 0.1) is 24.5 Å². The number of allylic oxidation sites excluding steroid dienone is 1. The zero-order valence-corrected chi connectivity index (χ0v) is 18.6. The summed E-state index contributed by atoms with van der Waals surface area (Å²) in [4.78, 5) is 34.5. The summed E-state index contributed by atoms with van der Waals surface area (Å²) in [6, 6.07) is 10.3. The molecule has 0 saturated heterocycles. The van der Waals surface area contributed by atoms with E-state index in [1.165, 1.54) is 34.2 Å². The summed E-state index contributed by atoms with van der Waals surface area (Å²) in [5, 5.41) is 5.39. The van der Waals surface area contributed by atoms with Crippen molar-refractivity contribution in [3.63, 3.8) is 0 Å². The smallest absolute Gasteiger partial charge is 0.263 e. The molecule has 1 amide bonds. The summed E-state index contributed by atoms with van der Waals surface area (Å²) in [6.07, 6.45) is 6.12. The number of aromatic nitrogens is 3. The summed E-state index contributed by atoms with van der Waals surface area (Å²) in [7, 11) is 0. The van der Waals surface area contributed by atoms with Gasteiger partial charge < -0.3 is 9.88 Å². The van der Waals surface area contributed by atoms with E-state index in [1.807, 2.05) is 17.5 Å². The topological polar surface area (TPSA) is 76.9 Å². The second-order valence-corrected chi connectivity index (χ2v) is 8.67. The predicted octanol–water partition coefficient (Wildman–Crippen LogP) is 3.94. The number of carbonyl (C=O) groups is 1. The molecule has 1 aliphatic rings. The Morgan fingerprint density at radius 3 is 2.88 bits per heavy atom. The highest BCUT2D eigenvalue weighted by molar-refractivity contribution is 7.09. The lowest BCUT2D eigenvalue weighted by molar-refractivity contribution is 0.0948. The molecule has 3 heterocycles. The van der Waals surface area contributed by atoms with Gasteiger partial charge in [0.15, 0.2) is 11.6 Å². The van der Waals surface area contributed by atoms with Crippen molar-refractivity contribution in [2.45, 2.75) is 19.5 Å². The van der Waals surface area contributed by atoms with E-state index in [9.17, 15) is 18.4 Å². The van der Waals surface area contributed by atoms with Crippen LogP contribution in [-0.4, -0.2) is 20.4 Å². The van der Waals surface area contributed by atoms with Gasteiger partial charge in [0.2, 0.25) is 0 Å². The largest absolute Gasteiger partial charge is 0.345 e. The Labute approximate surface area is 197 Å². The molecule has 1 aliphatic carbocycles. The molecule has 6 nitrogen and oxygen atoms in total. The molecule has 170 valence electrons. The minimum Gasteiger partial charge on any atom is -0.345 e. The Hall–Kier alpha value is -3.98. The molecule has 1 N–H and O–H groups in total. The third kappa shape index (κ3) is 4.29. The second-order valence-electron chi connectivity index (χ2n) is 7.73. The number of thiazole rings is 1. The van der Waals surface area contributed by atoms with Crippen LogP contribution in [0.15, 0.2) is 71.1 Å². The minimum absolute atomic E-state index is 0.0123. The van der Waals surface area contributed by atoms with E-state index in [0.717, 1.165) is 41.1 Å². The maximum Gasteiger partial charge on any atom is 0.263 e. The minimum atomic E-state index is -0.990. The number of hydrogen-bond donors (Lipinski definition) is 1. The lowest BCUT2D eigenvalue weighted by Gasteiger charge is -2.09. The highest BCUT2D eigenvalue weighted by Crippen LogP contribution is 2.31. The molecule has 0 fully saturated rings. The van der Waals surface area contributed by atoms with Gasteiger partial charge in [-0.15, -0.1) is 11.3 Å². The number of amides is 1. The molecule has 4 aromatic rings. The van der Waals surface area contributed by atoms with Crippen LogP contribution in [0.2, 0.25) is 0 Å². The molecule has 1 aromatic carbocycles. The molecule has 0 bridgehead atoms. The molecule has 9 heteroatoms. The van der Waals surface area contributed by atoms with E-state index in [4.69, 9.17) is 0 Å². The standard InChI is InChI=1S/C25H18F2N4O2S/c26-19-7-5-15(11-20(19)27)13-31-10-2-4-18(25(31)33)24(32)29-12-23-30-22(14-34-23)17-6-8-21-16(17)3-1-9-28-21/h1-7,9-11,14H,8,12-13H2,(H,29,32). The number of benzene rings is 1. The van der Waals surface area contributed by atoms with Crippen LogP contribution in [0.1, 0.15) is 37.9 Å². The second kappa shape index (κ2) is 9.11. The first-order chi connectivity index (χ1) is 16.5. The van der Waals surface area contributed by atoms with Crippen LogP contribution in [0, 0.1) is 11.6 Å². The van der Waals surface area contributed by atoms with Crippen molar-refractivity contribution in [3.8, 4) is 0 Å². The van der Waals surface area contributed by atoms with Gasteiger partial charge in [0.25, 0.3) is 11.5 Å². The SMILES string of the molecule is O=C(NCc1nc(C2=CCc3ncccc32)cs1)c1cccn(Cc2ccc(F)c(F)c2)c1=O. The Balaban J connectivity index is 1.27. The van der Waals surface area contributed by atoms with E-state index in [2.05, 4.69) is 21.4 Å². The fourth-order valence-electron chi connectivity index (χ4n) is 3.83. The Kier molecular flexibility index (Phi) is 5.85. The first kappa shape index (κ1) is 21.8. The quantitative estimate of drug-likeness (QED) is 0.457. The maximum absolute atomic E-state index is 13.5. The van der Waals surface area contributed by atoms with Gasteiger partial charge in [0, 0.05) is 35.3 Å². The summed E-state index contributed by atoms with van der Waals surface area (Å²) < 4.78 is 27.9. The third-order valence-corrected chi connectivity index (χ3v) is 6.36. The fraction of sp³-hybridized carbons (Fsp3) is 0.120. The van der Waals surface area contributed by atoms with E-state index < -0.39 is 23.1 Å². The number of halogens is 2. The Morgan fingerprint density at radius 2 is 2.03 bits per heavy atom. The van der Waals surface area contributed by atoms with Gasteiger partial charge in [-0.05, 0) is 35.9 Å². The first-order valence-electron chi connectivity index (χ1n) is 10.5. The van der Waals surface area contributed by atoms with Gasteiger partial charge in [-0.3, -0.25) is 14.6 Å². The van der Waals surface area contributed by atoms with Crippen LogP contribution in [0.25, 0.3) is 5.57 Å². The molecule has 0 spiro atoms. The van der Waals surface area contributed by atoms with Gasteiger partial charge in [-0.1, -0.05) is 18.2 Å². The number of nitrogens with zero attached hydrogens (tertiary/aromatic N) is 3. The van der Waals surface area contributed by atoms with Crippen molar-refractivity contribution in [3.05, 3.63) is 121 Å². The molecule has 0 aliphatic heterocycles. The van der Waals surface area contributed by atoms with E-state index in [-0.39, 0.29) is 18.7 Å². The van der Waals surface area contributed by atoms with Crippen molar-refractivity contribution in [2.75, 3.05) is 0 Å². The average Bonchev–Trinajstić information content (AvgIpc) is 3.48.